The molecule has 1 aliphatic heterocycles. The van der Waals surface area contributed by atoms with Gasteiger partial charge in [0.15, 0.2) is 0 Å². The van der Waals surface area contributed by atoms with Gasteiger partial charge in [-0.1, -0.05) is 36.7 Å². The molecule has 132 valence electrons. The van der Waals surface area contributed by atoms with E-state index in [1.54, 1.807) is 11.0 Å². The minimum atomic E-state index is -0.522. The Morgan fingerprint density at radius 3 is 2.96 bits per heavy atom. The van der Waals surface area contributed by atoms with Crippen LogP contribution in [0.5, 0.6) is 5.88 Å². The zero-order valence-electron chi connectivity index (χ0n) is 13.9. The van der Waals surface area contributed by atoms with Crippen molar-refractivity contribution in [2.45, 2.75) is 32.3 Å². The van der Waals surface area contributed by atoms with E-state index in [4.69, 9.17) is 16.3 Å². The topological polar surface area (TPSA) is 55.3 Å². The Morgan fingerprint density at radius 2 is 2.20 bits per heavy atom. The van der Waals surface area contributed by atoms with Gasteiger partial charge in [-0.3, -0.25) is 4.79 Å². The maximum atomic E-state index is 14.2. The molecule has 1 aromatic heterocycles. The summed E-state index contributed by atoms with van der Waals surface area (Å²) >= 11 is 6.11. The van der Waals surface area contributed by atoms with Crippen LogP contribution in [0.15, 0.2) is 30.6 Å². The molecule has 1 aliphatic rings. The fourth-order valence-electron chi connectivity index (χ4n) is 2.84. The Kier molecular flexibility index (Phi) is 5.48. The number of nitrogens with zero attached hydrogens (tertiary/aromatic N) is 3. The highest BCUT2D eigenvalue weighted by Gasteiger charge is 2.29. The Balaban J connectivity index is 1.60. The van der Waals surface area contributed by atoms with Crippen molar-refractivity contribution in [2.24, 2.45) is 0 Å². The standard InChI is InChI=1S/C18H19ClFN3O2/c1-2-15-17(20)18(22-11-21-15)25-13-7-8-23(10-13)16(24)9-12-5-3-4-6-14(12)19/h3-6,11,13H,2,7-10H2,1H3/t13-/m1/s1. The third kappa shape index (κ3) is 4.07. The van der Waals surface area contributed by atoms with Crippen LogP contribution in [0, 0.1) is 5.82 Å². The van der Waals surface area contributed by atoms with Crippen molar-refractivity contribution in [3.8, 4) is 5.88 Å². The average molecular weight is 364 g/mol. The number of hydrogen-bond acceptors (Lipinski definition) is 4. The molecule has 3 rings (SSSR count). The second-order valence-electron chi connectivity index (χ2n) is 5.93. The Hall–Kier alpha value is -2.21. The predicted octanol–water partition coefficient (Wildman–Crippen LogP) is 3.05. The molecule has 1 amide bonds. The maximum absolute atomic E-state index is 14.2. The number of halogens is 2. The highest BCUT2D eigenvalue weighted by molar-refractivity contribution is 6.31. The van der Waals surface area contributed by atoms with Crippen LogP contribution in [-0.2, 0) is 17.6 Å². The monoisotopic (exact) mass is 363 g/mol. The van der Waals surface area contributed by atoms with E-state index in [0.717, 1.165) is 5.56 Å². The molecule has 2 aromatic rings. The largest absolute Gasteiger partial charge is 0.470 e. The Morgan fingerprint density at radius 1 is 1.40 bits per heavy atom. The highest BCUT2D eigenvalue weighted by atomic mass is 35.5. The van der Waals surface area contributed by atoms with Crippen LogP contribution in [0.25, 0.3) is 0 Å². The van der Waals surface area contributed by atoms with Crippen molar-refractivity contribution in [1.29, 1.82) is 0 Å². The molecule has 5 nitrogen and oxygen atoms in total. The number of carbonyl (C=O) groups is 1. The van der Waals surface area contributed by atoms with E-state index in [1.807, 2.05) is 25.1 Å². The molecule has 0 radical (unpaired) electrons. The lowest BCUT2D eigenvalue weighted by Crippen LogP contribution is -2.32. The van der Waals surface area contributed by atoms with Gasteiger partial charge in [-0.15, -0.1) is 0 Å². The molecule has 0 bridgehead atoms. The van der Waals surface area contributed by atoms with Crippen molar-refractivity contribution in [3.05, 3.63) is 52.7 Å². The van der Waals surface area contributed by atoms with Gasteiger partial charge in [-0.2, -0.15) is 9.37 Å². The molecule has 0 unspecified atom stereocenters. The summed E-state index contributed by atoms with van der Waals surface area (Å²) in [6, 6.07) is 7.29. The van der Waals surface area contributed by atoms with Crippen LogP contribution in [-0.4, -0.2) is 40.0 Å². The van der Waals surface area contributed by atoms with Crippen LogP contribution in [0.3, 0.4) is 0 Å². The van der Waals surface area contributed by atoms with Crippen molar-refractivity contribution < 1.29 is 13.9 Å². The summed E-state index contributed by atoms with van der Waals surface area (Å²) in [4.78, 5) is 21.9. The van der Waals surface area contributed by atoms with Crippen molar-refractivity contribution in [1.82, 2.24) is 14.9 Å². The zero-order chi connectivity index (χ0) is 17.8. The van der Waals surface area contributed by atoms with Crippen molar-refractivity contribution in [3.63, 3.8) is 0 Å². The average Bonchev–Trinajstić information content (AvgIpc) is 3.07. The molecule has 0 saturated carbocycles. The Bertz CT molecular complexity index is 772. The fraction of sp³-hybridized carbons (Fsp3) is 0.389. The molecule has 0 aliphatic carbocycles. The van der Waals surface area contributed by atoms with Gasteiger partial charge in [-0.25, -0.2) is 4.98 Å². The number of hydrogen-bond donors (Lipinski definition) is 0. The lowest BCUT2D eigenvalue weighted by Gasteiger charge is -2.17. The van der Waals surface area contributed by atoms with Gasteiger partial charge in [0.1, 0.15) is 12.4 Å². The molecule has 1 saturated heterocycles. The van der Waals surface area contributed by atoms with Crippen LogP contribution < -0.4 is 4.74 Å². The number of likely N-dealkylation sites (tertiary alicyclic amines) is 1. The number of ether oxygens (including phenoxy) is 1. The van der Waals surface area contributed by atoms with Gasteiger partial charge in [0, 0.05) is 18.0 Å². The van der Waals surface area contributed by atoms with Crippen molar-refractivity contribution in [2.75, 3.05) is 13.1 Å². The molecule has 2 heterocycles. The van der Waals surface area contributed by atoms with Crippen molar-refractivity contribution >= 4 is 17.5 Å². The van der Waals surface area contributed by atoms with E-state index in [2.05, 4.69) is 9.97 Å². The molecule has 1 aromatic carbocycles. The molecule has 25 heavy (non-hydrogen) atoms. The van der Waals surface area contributed by atoms with Gasteiger partial charge >= 0.3 is 0 Å². The second kappa shape index (κ2) is 7.78. The molecule has 1 atom stereocenters. The zero-order valence-corrected chi connectivity index (χ0v) is 14.7. The third-order valence-corrected chi connectivity index (χ3v) is 4.61. The van der Waals surface area contributed by atoms with E-state index < -0.39 is 5.82 Å². The Labute approximate surface area is 150 Å². The van der Waals surface area contributed by atoms with E-state index in [-0.39, 0.29) is 24.3 Å². The number of aromatic nitrogens is 2. The van der Waals surface area contributed by atoms with Gasteiger partial charge in [0.05, 0.1) is 18.7 Å². The number of carbonyl (C=O) groups excluding carboxylic acids is 1. The minimum absolute atomic E-state index is 0.0170. The number of aryl methyl sites for hydroxylation is 1. The van der Waals surface area contributed by atoms with Gasteiger partial charge in [0.25, 0.3) is 5.88 Å². The first-order valence-electron chi connectivity index (χ1n) is 8.25. The molecule has 7 heteroatoms. The first-order chi connectivity index (χ1) is 12.1. The van der Waals surface area contributed by atoms with E-state index >= 15 is 0 Å². The molecule has 0 spiro atoms. The van der Waals surface area contributed by atoms with Crippen LogP contribution in [0.2, 0.25) is 5.02 Å². The predicted molar refractivity (Wildman–Crippen MR) is 92.1 cm³/mol. The van der Waals surface area contributed by atoms with E-state index in [0.29, 0.717) is 36.6 Å². The summed E-state index contributed by atoms with van der Waals surface area (Å²) in [6.45, 7) is 2.80. The maximum Gasteiger partial charge on any atom is 0.254 e. The molecular weight excluding hydrogens is 345 g/mol. The fourth-order valence-corrected chi connectivity index (χ4v) is 3.04. The van der Waals surface area contributed by atoms with Crippen LogP contribution >= 0.6 is 11.6 Å². The third-order valence-electron chi connectivity index (χ3n) is 4.24. The van der Waals surface area contributed by atoms with Crippen LogP contribution in [0.1, 0.15) is 24.6 Å². The summed E-state index contributed by atoms with van der Waals surface area (Å²) in [5.41, 5.74) is 1.13. The summed E-state index contributed by atoms with van der Waals surface area (Å²) in [5.74, 6) is -0.584. The van der Waals surface area contributed by atoms with E-state index in [9.17, 15) is 9.18 Å². The SMILES string of the molecule is CCc1ncnc(O[C@@H]2CCN(C(=O)Cc3ccccc3Cl)C2)c1F. The normalized spacial score (nSPS) is 16.9. The van der Waals surface area contributed by atoms with Gasteiger partial charge < -0.3 is 9.64 Å². The van der Waals surface area contributed by atoms with Gasteiger partial charge in [-0.05, 0) is 18.1 Å². The number of rotatable bonds is 5. The molecule has 0 N–H and O–H groups in total. The first kappa shape index (κ1) is 17.6. The van der Waals surface area contributed by atoms with E-state index in [1.165, 1.54) is 6.33 Å². The summed E-state index contributed by atoms with van der Waals surface area (Å²) in [5, 5.41) is 0.581. The highest BCUT2D eigenvalue weighted by Crippen LogP contribution is 2.22. The quantitative estimate of drug-likeness (QED) is 0.819. The lowest BCUT2D eigenvalue weighted by atomic mass is 10.1. The smallest absolute Gasteiger partial charge is 0.254 e. The number of amides is 1. The van der Waals surface area contributed by atoms with Crippen LogP contribution in [0.4, 0.5) is 4.39 Å². The summed E-state index contributed by atoms with van der Waals surface area (Å²) in [7, 11) is 0. The van der Waals surface area contributed by atoms with Gasteiger partial charge in [0.2, 0.25) is 11.7 Å². The molecule has 1 fully saturated rings. The second-order valence-corrected chi connectivity index (χ2v) is 6.34. The summed E-state index contributed by atoms with van der Waals surface area (Å²) in [6.07, 6.45) is 2.38. The first-order valence-corrected chi connectivity index (χ1v) is 8.63. The minimum Gasteiger partial charge on any atom is -0.470 e. The number of benzene rings is 1. The lowest BCUT2D eigenvalue weighted by molar-refractivity contribution is -0.129. The summed E-state index contributed by atoms with van der Waals surface area (Å²) < 4.78 is 19.8. The molecular formula is C18H19ClFN3O2.